The fourth-order valence-electron chi connectivity index (χ4n) is 3.25. The van der Waals surface area contributed by atoms with Gasteiger partial charge in [-0.15, -0.1) is 0 Å². The van der Waals surface area contributed by atoms with E-state index in [0.29, 0.717) is 23.4 Å². The van der Waals surface area contributed by atoms with Crippen molar-refractivity contribution >= 4 is 11.6 Å². The van der Waals surface area contributed by atoms with Gasteiger partial charge < -0.3 is 5.32 Å². The SMILES string of the molecule is O=C1CCCC2=C1[C@@H](c1cccnc1)c1c([nH][nH]c1=O)N2. The minimum Gasteiger partial charge on any atom is -0.343 e. The van der Waals surface area contributed by atoms with Crippen LogP contribution in [0.15, 0.2) is 40.6 Å². The second-order valence-electron chi connectivity index (χ2n) is 5.38. The smallest absolute Gasteiger partial charge is 0.270 e. The Morgan fingerprint density at radius 3 is 2.90 bits per heavy atom. The number of aromatic nitrogens is 3. The van der Waals surface area contributed by atoms with Crippen LogP contribution < -0.4 is 10.9 Å². The number of nitrogens with one attached hydrogen (secondary N) is 3. The normalized spacial score (nSPS) is 20.8. The van der Waals surface area contributed by atoms with Crippen LogP contribution in [-0.2, 0) is 4.79 Å². The topological polar surface area (TPSA) is 90.6 Å². The van der Waals surface area contributed by atoms with Crippen LogP contribution in [0.5, 0.6) is 0 Å². The van der Waals surface area contributed by atoms with Crippen molar-refractivity contribution in [3.8, 4) is 0 Å². The van der Waals surface area contributed by atoms with Crippen LogP contribution in [0.4, 0.5) is 5.82 Å². The third-order valence-corrected chi connectivity index (χ3v) is 4.14. The molecule has 0 spiro atoms. The molecule has 2 aromatic rings. The number of pyridine rings is 1. The first-order chi connectivity index (χ1) is 10.3. The Bertz CT molecular complexity index is 801. The van der Waals surface area contributed by atoms with Crippen LogP contribution in [-0.4, -0.2) is 21.0 Å². The Morgan fingerprint density at radius 2 is 2.10 bits per heavy atom. The van der Waals surface area contributed by atoms with E-state index in [-0.39, 0.29) is 17.3 Å². The zero-order valence-corrected chi connectivity index (χ0v) is 11.3. The lowest BCUT2D eigenvalue weighted by molar-refractivity contribution is -0.116. The number of fused-ring (bicyclic) bond motifs is 1. The summed E-state index contributed by atoms with van der Waals surface area (Å²) in [6, 6.07) is 3.73. The molecule has 2 aliphatic rings. The molecule has 6 nitrogen and oxygen atoms in total. The van der Waals surface area contributed by atoms with E-state index in [1.165, 1.54) is 0 Å². The highest BCUT2D eigenvalue weighted by atomic mass is 16.1. The Kier molecular flexibility index (Phi) is 2.57. The number of aromatic amines is 2. The number of allylic oxidation sites excluding steroid dienone is 2. The maximum atomic E-state index is 12.4. The number of hydrogen-bond donors (Lipinski definition) is 3. The van der Waals surface area contributed by atoms with E-state index in [0.717, 1.165) is 24.1 Å². The van der Waals surface area contributed by atoms with Crippen molar-refractivity contribution in [1.82, 2.24) is 15.2 Å². The number of Topliss-reactive ketones (excluding diaryl/α,β-unsaturated/α-hetero) is 1. The monoisotopic (exact) mass is 282 g/mol. The Labute approximate surface area is 120 Å². The number of anilines is 1. The fraction of sp³-hybridized carbons (Fsp3) is 0.267. The van der Waals surface area contributed by atoms with Crippen molar-refractivity contribution in [2.24, 2.45) is 0 Å². The number of carbonyl (C=O) groups is 1. The van der Waals surface area contributed by atoms with Gasteiger partial charge in [0.25, 0.3) is 5.56 Å². The van der Waals surface area contributed by atoms with Gasteiger partial charge in [0.05, 0.1) is 5.56 Å². The lowest BCUT2D eigenvalue weighted by Crippen LogP contribution is -2.29. The molecular formula is C15H14N4O2. The lowest BCUT2D eigenvalue weighted by atomic mass is 9.77. The molecule has 106 valence electrons. The Balaban J connectivity index is 1.98. The molecule has 0 aromatic carbocycles. The van der Waals surface area contributed by atoms with Gasteiger partial charge in [-0.1, -0.05) is 6.07 Å². The van der Waals surface area contributed by atoms with Crippen LogP contribution in [0.1, 0.15) is 36.3 Å². The summed E-state index contributed by atoms with van der Waals surface area (Å²) in [5, 5.41) is 8.66. The predicted molar refractivity (Wildman–Crippen MR) is 77.0 cm³/mol. The number of nitrogens with zero attached hydrogens (tertiary/aromatic N) is 1. The first-order valence-electron chi connectivity index (χ1n) is 6.99. The molecule has 0 fully saturated rings. The molecule has 0 bridgehead atoms. The zero-order valence-electron chi connectivity index (χ0n) is 11.3. The van der Waals surface area contributed by atoms with Crippen molar-refractivity contribution < 1.29 is 4.79 Å². The second-order valence-corrected chi connectivity index (χ2v) is 5.38. The quantitative estimate of drug-likeness (QED) is 0.742. The molecule has 4 rings (SSSR count). The van der Waals surface area contributed by atoms with E-state index < -0.39 is 0 Å². The van der Waals surface area contributed by atoms with Crippen LogP contribution >= 0.6 is 0 Å². The molecule has 0 saturated heterocycles. The lowest BCUT2D eigenvalue weighted by Gasteiger charge is -2.31. The zero-order chi connectivity index (χ0) is 14.4. The molecule has 21 heavy (non-hydrogen) atoms. The molecule has 0 amide bonds. The number of ketones is 1. The summed E-state index contributed by atoms with van der Waals surface area (Å²) < 4.78 is 0. The minimum atomic E-state index is -0.340. The van der Waals surface area contributed by atoms with Gasteiger partial charge in [-0.3, -0.25) is 24.8 Å². The van der Waals surface area contributed by atoms with Gasteiger partial charge in [0.15, 0.2) is 5.78 Å². The van der Waals surface area contributed by atoms with Gasteiger partial charge in [-0.2, -0.15) is 0 Å². The average molecular weight is 282 g/mol. The van der Waals surface area contributed by atoms with Crippen LogP contribution in [0, 0.1) is 0 Å². The highest BCUT2D eigenvalue weighted by Gasteiger charge is 2.37. The molecule has 1 atom stereocenters. The highest BCUT2D eigenvalue weighted by Crippen LogP contribution is 2.42. The van der Waals surface area contributed by atoms with E-state index in [1.54, 1.807) is 12.4 Å². The van der Waals surface area contributed by atoms with Crippen LogP contribution in [0.2, 0.25) is 0 Å². The summed E-state index contributed by atoms with van der Waals surface area (Å²) in [5.74, 6) is 0.430. The molecule has 0 radical (unpaired) electrons. The average Bonchev–Trinajstić information content (AvgIpc) is 2.88. The first kappa shape index (κ1) is 12.1. The largest absolute Gasteiger partial charge is 0.343 e. The maximum Gasteiger partial charge on any atom is 0.270 e. The summed E-state index contributed by atoms with van der Waals surface area (Å²) in [7, 11) is 0. The summed E-state index contributed by atoms with van der Waals surface area (Å²) in [4.78, 5) is 28.7. The number of carbonyl (C=O) groups excluding carboxylic acids is 1. The molecular weight excluding hydrogens is 268 g/mol. The van der Waals surface area contributed by atoms with E-state index in [1.807, 2.05) is 12.1 Å². The van der Waals surface area contributed by atoms with E-state index >= 15 is 0 Å². The van der Waals surface area contributed by atoms with E-state index in [4.69, 9.17) is 0 Å². The minimum absolute atomic E-state index is 0.115. The van der Waals surface area contributed by atoms with Crippen LogP contribution in [0.25, 0.3) is 0 Å². The van der Waals surface area contributed by atoms with Gasteiger partial charge in [0, 0.05) is 36.0 Å². The van der Waals surface area contributed by atoms with Crippen molar-refractivity contribution in [2.45, 2.75) is 25.2 Å². The molecule has 3 heterocycles. The van der Waals surface area contributed by atoms with Gasteiger partial charge in [0.1, 0.15) is 5.82 Å². The summed E-state index contributed by atoms with van der Waals surface area (Å²) in [6.07, 6.45) is 5.61. The molecule has 1 aliphatic carbocycles. The first-order valence-corrected chi connectivity index (χ1v) is 6.99. The van der Waals surface area contributed by atoms with Crippen molar-refractivity contribution in [3.63, 3.8) is 0 Å². The second kappa shape index (κ2) is 4.44. The van der Waals surface area contributed by atoms with Crippen molar-refractivity contribution in [2.75, 3.05) is 5.32 Å². The molecule has 0 saturated carbocycles. The summed E-state index contributed by atoms with van der Waals surface area (Å²) >= 11 is 0. The number of H-pyrrole nitrogens is 2. The molecule has 0 unspecified atom stereocenters. The van der Waals surface area contributed by atoms with Gasteiger partial charge in [-0.05, 0) is 24.5 Å². The summed E-state index contributed by atoms with van der Waals surface area (Å²) in [6.45, 7) is 0. The standard InChI is InChI=1S/C15H14N4O2/c20-10-5-1-4-9-12(10)11(8-3-2-6-16-7-8)13-14(17-9)18-19-15(13)21/h2-3,6-7,11H,1,4-5H2,(H3,17,18,19,21)/t11-/m1/s1. The third kappa shape index (κ3) is 1.75. The van der Waals surface area contributed by atoms with Gasteiger partial charge in [-0.25, -0.2) is 0 Å². The third-order valence-electron chi connectivity index (χ3n) is 4.14. The Hall–Kier alpha value is -2.63. The van der Waals surface area contributed by atoms with Gasteiger partial charge >= 0.3 is 0 Å². The number of rotatable bonds is 1. The fourth-order valence-corrected chi connectivity index (χ4v) is 3.25. The maximum absolute atomic E-state index is 12.4. The number of hydrogen-bond acceptors (Lipinski definition) is 4. The molecule has 6 heteroatoms. The van der Waals surface area contributed by atoms with E-state index in [9.17, 15) is 9.59 Å². The molecule has 3 N–H and O–H groups in total. The summed E-state index contributed by atoms with van der Waals surface area (Å²) in [5.41, 5.74) is 2.87. The Morgan fingerprint density at radius 1 is 1.19 bits per heavy atom. The van der Waals surface area contributed by atoms with Crippen LogP contribution in [0.3, 0.4) is 0 Å². The van der Waals surface area contributed by atoms with Gasteiger partial charge in [0.2, 0.25) is 0 Å². The molecule has 2 aromatic heterocycles. The van der Waals surface area contributed by atoms with E-state index in [2.05, 4.69) is 20.5 Å². The van der Waals surface area contributed by atoms with Crippen molar-refractivity contribution in [3.05, 3.63) is 57.3 Å². The highest BCUT2D eigenvalue weighted by molar-refractivity contribution is 6.00. The molecule has 1 aliphatic heterocycles. The predicted octanol–water partition coefficient (Wildman–Crippen LogP) is 1.66. The van der Waals surface area contributed by atoms with Crippen molar-refractivity contribution in [1.29, 1.82) is 0 Å².